The molecule has 136 valence electrons. The number of carbonyl (C=O) groups is 1. The Kier molecular flexibility index (Phi) is 5.19. The molecule has 1 fully saturated rings. The fourth-order valence-corrected chi connectivity index (χ4v) is 3.81. The summed E-state index contributed by atoms with van der Waals surface area (Å²) in [6, 6.07) is 9.10. The first-order chi connectivity index (χ1) is 11.9. The molecule has 1 aliphatic heterocycles. The predicted octanol–water partition coefficient (Wildman–Crippen LogP) is 4.23. The van der Waals surface area contributed by atoms with Crippen LogP contribution in [-0.2, 0) is 16.0 Å². The van der Waals surface area contributed by atoms with Crippen molar-refractivity contribution in [3.05, 3.63) is 36.0 Å². The van der Waals surface area contributed by atoms with Crippen LogP contribution in [0.2, 0.25) is 0 Å². The van der Waals surface area contributed by atoms with E-state index in [1.807, 2.05) is 0 Å². The fourth-order valence-electron chi connectivity index (χ4n) is 3.81. The molecular weight excluding hydrogens is 312 g/mol. The molecule has 0 radical (unpaired) electrons. The van der Waals surface area contributed by atoms with Crippen LogP contribution in [0.5, 0.6) is 0 Å². The van der Waals surface area contributed by atoms with E-state index in [0.717, 1.165) is 25.9 Å². The van der Waals surface area contributed by atoms with Gasteiger partial charge in [-0.05, 0) is 58.6 Å². The van der Waals surface area contributed by atoms with Gasteiger partial charge in [0.25, 0.3) is 0 Å². The molecule has 4 nitrogen and oxygen atoms in total. The molecule has 1 aromatic heterocycles. The van der Waals surface area contributed by atoms with Gasteiger partial charge in [0.1, 0.15) is 0 Å². The zero-order valence-electron chi connectivity index (χ0n) is 15.8. The van der Waals surface area contributed by atoms with Crippen LogP contribution in [0.1, 0.15) is 58.6 Å². The van der Waals surface area contributed by atoms with Gasteiger partial charge < -0.3 is 14.6 Å². The molecule has 0 saturated carbocycles. The van der Waals surface area contributed by atoms with Crippen molar-refractivity contribution in [2.24, 2.45) is 0 Å². The van der Waals surface area contributed by atoms with Gasteiger partial charge in [-0.15, -0.1) is 0 Å². The van der Waals surface area contributed by atoms with E-state index in [4.69, 9.17) is 4.74 Å². The topological polar surface area (TPSA) is 43.3 Å². The number of para-hydroxylation sites is 1. The zero-order valence-corrected chi connectivity index (χ0v) is 15.8. The quantitative estimate of drug-likeness (QED) is 0.884. The molecule has 2 aromatic rings. The van der Waals surface area contributed by atoms with Gasteiger partial charge in [-0.1, -0.05) is 18.2 Å². The normalized spacial score (nSPS) is 20.1. The van der Waals surface area contributed by atoms with Crippen molar-refractivity contribution in [1.82, 2.24) is 9.88 Å². The Labute approximate surface area is 150 Å². The number of nitrogens with zero attached hydrogens (tertiary/aromatic N) is 1. The Morgan fingerprint density at radius 1 is 1.36 bits per heavy atom. The number of fused-ring (bicyclic) bond motifs is 1. The van der Waals surface area contributed by atoms with Gasteiger partial charge in [0, 0.05) is 42.2 Å². The summed E-state index contributed by atoms with van der Waals surface area (Å²) in [7, 11) is 0. The summed E-state index contributed by atoms with van der Waals surface area (Å²) in [5, 5.41) is 4.46. The van der Waals surface area contributed by atoms with Gasteiger partial charge in [-0.2, -0.15) is 0 Å². The van der Waals surface area contributed by atoms with Crippen molar-refractivity contribution < 1.29 is 9.53 Å². The molecule has 1 unspecified atom stereocenters. The molecule has 1 N–H and O–H groups in total. The summed E-state index contributed by atoms with van der Waals surface area (Å²) in [5.41, 5.74) is 2.37. The molecule has 4 heteroatoms. The highest BCUT2D eigenvalue weighted by Gasteiger charge is 2.29. The number of carbonyl (C=O) groups excluding carboxylic acids is 1. The Morgan fingerprint density at radius 2 is 2.12 bits per heavy atom. The lowest BCUT2D eigenvalue weighted by atomic mass is 9.94. The highest BCUT2D eigenvalue weighted by atomic mass is 16.5. The predicted molar refractivity (Wildman–Crippen MR) is 102 cm³/mol. The third kappa shape index (κ3) is 4.24. The highest BCUT2D eigenvalue weighted by molar-refractivity contribution is 5.85. The highest BCUT2D eigenvalue weighted by Crippen LogP contribution is 2.26. The van der Waals surface area contributed by atoms with E-state index in [0.29, 0.717) is 12.5 Å². The number of aryl methyl sites for hydroxylation is 1. The molecule has 2 heterocycles. The number of rotatable bonds is 5. The van der Waals surface area contributed by atoms with E-state index < -0.39 is 0 Å². The van der Waals surface area contributed by atoms with E-state index >= 15 is 0 Å². The van der Waals surface area contributed by atoms with E-state index in [1.165, 1.54) is 16.5 Å². The van der Waals surface area contributed by atoms with Crippen LogP contribution in [0.3, 0.4) is 0 Å². The lowest BCUT2D eigenvalue weighted by Gasteiger charge is -2.35. The second kappa shape index (κ2) is 7.20. The van der Waals surface area contributed by atoms with E-state index in [1.54, 1.807) is 0 Å². The second-order valence-corrected chi connectivity index (χ2v) is 8.04. The number of benzene rings is 1. The van der Waals surface area contributed by atoms with Crippen molar-refractivity contribution in [2.75, 3.05) is 6.61 Å². The lowest BCUT2D eigenvalue weighted by molar-refractivity contribution is -0.124. The number of nitrogens with one attached hydrogen (secondary N) is 1. The van der Waals surface area contributed by atoms with Crippen LogP contribution < -0.4 is 5.32 Å². The van der Waals surface area contributed by atoms with Crippen molar-refractivity contribution in [3.63, 3.8) is 0 Å². The Hall–Kier alpha value is -1.81. The summed E-state index contributed by atoms with van der Waals surface area (Å²) in [6.45, 7) is 9.28. The maximum absolute atomic E-state index is 12.4. The van der Waals surface area contributed by atoms with Crippen LogP contribution in [0.15, 0.2) is 30.5 Å². The molecule has 0 aliphatic carbocycles. The maximum atomic E-state index is 12.4. The molecular formula is C21H30N2O2. The van der Waals surface area contributed by atoms with Crippen LogP contribution in [-0.4, -0.2) is 28.7 Å². The average Bonchev–Trinajstić information content (AvgIpc) is 2.91. The third-order valence-electron chi connectivity index (χ3n) is 5.06. The minimum atomic E-state index is -0.138. The molecule has 1 aromatic carbocycles. The molecule has 0 bridgehead atoms. The monoisotopic (exact) mass is 342 g/mol. The number of hydrogen-bond acceptors (Lipinski definition) is 2. The molecule has 0 spiro atoms. The molecule has 1 saturated heterocycles. The number of aromatic nitrogens is 1. The van der Waals surface area contributed by atoms with E-state index in [2.05, 4.69) is 68.0 Å². The Bertz CT molecular complexity index is 745. The Balaban J connectivity index is 1.64. The summed E-state index contributed by atoms with van der Waals surface area (Å²) in [6.07, 6.45) is 5.30. The summed E-state index contributed by atoms with van der Waals surface area (Å²) in [4.78, 5) is 12.4. The SMILES string of the molecule is CC(C)n1cc(CCC(=O)NC2CCOC(C)(C)C2)c2ccccc21. The maximum Gasteiger partial charge on any atom is 0.220 e. The summed E-state index contributed by atoms with van der Waals surface area (Å²) >= 11 is 0. The molecule has 25 heavy (non-hydrogen) atoms. The third-order valence-corrected chi connectivity index (χ3v) is 5.06. The van der Waals surface area contributed by atoms with Crippen molar-refractivity contribution in [2.45, 2.75) is 71.1 Å². The average molecular weight is 342 g/mol. The van der Waals surface area contributed by atoms with Gasteiger partial charge in [0.05, 0.1) is 5.60 Å². The van der Waals surface area contributed by atoms with Crippen molar-refractivity contribution in [3.8, 4) is 0 Å². The van der Waals surface area contributed by atoms with Gasteiger partial charge >= 0.3 is 0 Å². The number of amides is 1. The zero-order chi connectivity index (χ0) is 18.0. The Morgan fingerprint density at radius 3 is 2.84 bits per heavy atom. The number of ether oxygens (including phenoxy) is 1. The fraction of sp³-hybridized carbons (Fsp3) is 0.571. The van der Waals surface area contributed by atoms with Crippen LogP contribution in [0.4, 0.5) is 0 Å². The van der Waals surface area contributed by atoms with Crippen LogP contribution in [0.25, 0.3) is 10.9 Å². The lowest BCUT2D eigenvalue weighted by Crippen LogP contribution is -2.45. The van der Waals surface area contributed by atoms with Crippen LogP contribution >= 0.6 is 0 Å². The summed E-state index contributed by atoms with van der Waals surface area (Å²) in [5.74, 6) is 0.143. The van der Waals surface area contributed by atoms with Gasteiger partial charge in [-0.25, -0.2) is 0 Å². The van der Waals surface area contributed by atoms with Gasteiger partial charge in [-0.3, -0.25) is 4.79 Å². The standard InChI is InChI=1S/C21H30N2O2/c1-15(2)23-14-16(18-7-5-6-8-19(18)23)9-10-20(24)22-17-11-12-25-21(3,4)13-17/h5-8,14-15,17H,9-13H2,1-4H3,(H,22,24). The smallest absolute Gasteiger partial charge is 0.220 e. The van der Waals surface area contributed by atoms with E-state index in [-0.39, 0.29) is 17.6 Å². The minimum absolute atomic E-state index is 0.138. The van der Waals surface area contributed by atoms with Gasteiger partial charge in [0.15, 0.2) is 0 Å². The summed E-state index contributed by atoms with van der Waals surface area (Å²) < 4.78 is 8.02. The van der Waals surface area contributed by atoms with Crippen molar-refractivity contribution >= 4 is 16.8 Å². The van der Waals surface area contributed by atoms with E-state index in [9.17, 15) is 4.79 Å². The molecule has 1 aliphatic rings. The number of hydrogen-bond donors (Lipinski definition) is 1. The van der Waals surface area contributed by atoms with Gasteiger partial charge in [0.2, 0.25) is 5.91 Å². The first kappa shape index (κ1) is 18.0. The van der Waals surface area contributed by atoms with Crippen LogP contribution in [0, 0.1) is 0 Å². The first-order valence-electron chi connectivity index (χ1n) is 9.37. The minimum Gasteiger partial charge on any atom is -0.375 e. The van der Waals surface area contributed by atoms with Crippen molar-refractivity contribution in [1.29, 1.82) is 0 Å². The molecule has 3 rings (SSSR count). The first-order valence-corrected chi connectivity index (χ1v) is 9.37. The molecule has 1 atom stereocenters. The molecule has 1 amide bonds. The second-order valence-electron chi connectivity index (χ2n) is 8.04. The largest absolute Gasteiger partial charge is 0.375 e.